The van der Waals surface area contributed by atoms with Crippen molar-refractivity contribution >= 4 is 28.8 Å². The number of hydrogen-bond donors (Lipinski definition) is 1. The van der Waals surface area contributed by atoms with E-state index < -0.39 is 59.6 Å². The Morgan fingerprint density at radius 3 is 2.42 bits per heavy atom. The normalized spacial score (nSPS) is 33.5. The van der Waals surface area contributed by atoms with Gasteiger partial charge in [-0.05, 0) is 74.3 Å². The molecule has 2 amide bonds. The monoisotopic (exact) mass is 626 g/mol. The first-order valence-electron chi connectivity index (χ1n) is 16.4. The summed E-state index contributed by atoms with van der Waals surface area (Å²) in [4.78, 5) is 51.0. The van der Waals surface area contributed by atoms with E-state index in [0.717, 1.165) is 12.8 Å². The van der Waals surface area contributed by atoms with Crippen LogP contribution in [-0.2, 0) is 20.2 Å². The zero-order valence-electron chi connectivity index (χ0n) is 26.7. The number of nitrogens with one attached hydrogen (secondary N) is 1. The summed E-state index contributed by atoms with van der Waals surface area (Å²) in [5.41, 5.74) is -0.480. The molecule has 1 aromatic heterocycles. The maximum Gasteiger partial charge on any atom is 0.408 e. The van der Waals surface area contributed by atoms with Crippen molar-refractivity contribution in [1.82, 2.24) is 20.2 Å². The molecule has 244 valence electrons. The van der Waals surface area contributed by atoms with Crippen molar-refractivity contribution in [1.29, 1.82) is 0 Å². The Morgan fingerprint density at radius 2 is 1.76 bits per heavy atom. The minimum atomic E-state index is -3.32. The van der Waals surface area contributed by atoms with Crippen LogP contribution in [0, 0.1) is 29.1 Å². The summed E-state index contributed by atoms with van der Waals surface area (Å²) >= 11 is 0. The lowest BCUT2D eigenvalue weighted by Crippen LogP contribution is -2.57. The molecule has 1 aromatic carbocycles. The van der Waals surface area contributed by atoms with Gasteiger partial charge < -0.3 is 19.7 Å². The van der Waals surface area contributed by atoms with Gasteiger partial charge in [0.05, 0.1) is 23.6 Å². The Morgan fingerprint density at radius 1 is 1.04 bits per heavy atom. The maximum atomic E-state index is 16.1. The van der Waals surface area contributed by atoms with Gasteiger partial charge in [-0.15, -0.1) is 0 Å². The van der Waals surface area contributed by atoms with Crippen molar-refractivity contribution in [2.75, 3.05) is 6.54 Å². The molecule has 2 aliphatic carbocycles. The van der Waals surface area contributed by atoms with E-state index in [-0.39, 0.29) is 36.7 Å². The summed E-state index contributed by atoms with van der Waals surface area (Å²) in [6, 6.07) is 4.97. The van der Waals surface area contributed by atoms with Crippen LogP contribution in [0.15, 0.2) is 24.3 Å². The topological polar surface area (TPSA) is 111 Å². The van der Waals surface area contributed by atoms with Gasteiger partial charge in [0.2, 0.25) is 11.8 Å². The number of Topliss-reactive ketones (excluding diaryl/α,β-unsaturated/α-hetero) is 1. The van der Waals surface area contributed by atoms with Gasteiger partial charge in [0, 0.05) is 12.3 Å². The number of fused-ring (bicyclic) bond motifs is 7. The molecule has 2 aromatic rings. The number of ether oxygens (including phenoxy) is 2. The summed E-state index contributed by atoms with van der Waals surface area (Å²) < 4.78 is 44.4. The van der Waals surface area contributed by atoms with E-state index in [2.05, 4.69) is 15.3 Å². The standard InChI is InChI=1S/C34H44F2N4O5/c1-6-20-26-17-40(27(20)18(2)41)31(42)29(33(3,4)5)39-32(43)45-25-16-19-15-22(19)21(25)11-9-10-14-34(35,36)28-30(44-26)38-24-13-8-7-12-23(24)37-28/h7-8,12-13,19-22,25-27,29H,6,9-11,14-17H2,1-5H3,(H,39,43)/t19?,20-,21-,22?,25-,26+,27-,29-/m1/s1. The second-order valence-corrected chi connectivity index (χ2v) is 14.5. The Hall–Kier alpha value is -3.37. The molecule has 2 aliphatic heterocycles. The number of amides is 2. The number of hydrogen-bond acceptors (Lipinski definition) is 7. The zero-order chi connectivity index (χ0) is 32.3. The van der Waals surface area contributed by atoms with Crippen LogP contribution in [0.25, 0.3) is 11.0 Å². The first-order chi connectivity index (χ1) is 21.3. The molecule has 6 rings (SSSR count). The molecule has 0 spiro atoms. The van der Waals surface area contributed by atoms with E-state index in [1.165, 1.54) is 11.8 Å². The minimum Gasteiger partial charge on any atom is -0.471 e. The second-order valence-electron chi connectivity index (χ2n) is 14.5. The highest BCUT2D eigenvalue weighted by Gasteiger charge is 2.55. The number of aromatic nitrogens is 2. The zero-order valence-corrected chi connectivity index (χ0v) is 26.7. The van der Waals surface area contributed by atoms with Gasteiger partial charge in [0.1, 0.15) is 18.2 Å². The number of alkyl carbamates (subject to hydrolysis) is 1. The highest BCUT2D eigenvalue weighted by Crippen LogP contribution is 2.58. The van der Waals surface area contributed by atoms with Gasteiger partial charge in [0.15, 0.2) is 11.5 Å². The van der Waals surface area contributed by atoms with Crippen molar-refractivity contribution < 1.29 is 32.6 Å². The van der Waals surface area contributed by atoms with Gasteiger partial charge in [-0.25, -0.2) is 14.8 Å². The Balaban J connectivity index is 1.41. The number of carbonyl (C=O) groups is 3. The van der Waals surface area contributed by atoms with Gasteiger partial charge in [-0.3, -0.25) is 9.59 Å². The number of alkyl halides is 2. The Labute approximate surface area is 262 Å². The lowest BCUT2D eigenvalue weighted by Gasteiger charge is -2.36. The van der Waals surface area contributed by atoms with Crippen molar-refractivity contribution in [3.63, 3.8) is 0 Å². The third kappa shape index (κ3) is 6.11. The average Bonchev–Trinajstić information content (AvgIpc) is 3.50. The summed E-state index contributed by atoms with van der Waals surface area (Å²) in [7, 11) is 0. The molecular weight excluding hydrogens is 582 g/mol. The molecule has 0 radical (unpaired) electrons. The Bertz CT molecular complexity index is 1480. The summed E-state index contributed by atoms with van der Waals surface area (Å²) in [6.07, 6.45) is 1.55. The van der Waals surface area contributed by atoms with Crippen LogP contribution >= 0.6 is 0 Å². The Kier molecular flexibility index (Phi) is 8.27. The second kappa shape index (κ2) is 11.8. The van der Waals surface area contributed by atoms with Crippen LogP contribution in [0.3, 0.4) is 0 Å². The molecular formula is C34H44F2N4O5. The minimum absolute atomic E-state index is 0.0293. The van der Waals surface area contributed by atoms with Crippen molar-refractivity contribution in [2.24, 2.45) is 29.1 Å². The average molecular weight is 627 g/mol. The summed E-state index contributed by atoms with van der Waals surface area (Å²) in [6.45, 7) is 8.80. The van der Waals surface area contributed by atoms with E-state index in [4.69, 9.17) is 9.47 Å². The van der Waals surface area contributed by atoms with E-state index in [9.17, 15) is 14.4 Å². The van der Waals surface area contributed by atoms with Crippen LogP contribution in [0.2, 0.25) is 0 Å². The highest BCUT2D eigenvalue weighted by molar-refractivity contribution is 5.92. The highest BCUT2D eigenvalue weighted by atomic mass is 19.3. The van der Waals surface area contributed by atoms with E-state index in [1.54, 1.807) is 24.3 Å². The molecule has 2 saturated carbocycles. The fourth-order valence-corrected chi connectivity index (χ4v) is 7.98. The number of benzene rings is 1. The van der Waals surface area contributed by atoms with Crippen LogP contribution in [0.1, 0.15) is 85.3 Å². The summed E-state index contributed by atoms with van der Waals surface area (Å²) in [5, 5.41) is 2.85. The molecule has 4 aliphatic rings. The molecule has 8 atom stereocenters. The molecule has 3 fully saturated rings. The van der Waals surface area contributed by atoms with E-state index in [1.807, 2.05) is 27.7 Å². The fourth-order valence-electron chi connectivity index (χ4n) is 7.98. The van der Waals surface area contributed by atoms with Crippen molar-refractivity contribution in [3.8, 4) is 5.88 Å². The summed E-state index contributed by atoms with van der Waals surface area (Å²) in [5.74, 6) is -3.74. The molecule has 2 bridgehead atoms. The van der Waals surface area contributed by atoms with E-state index in [0.29, 0.717) is 42.1 Å². The molecule has 3 heterocycles. The number of ketones is 1. The van der Waals surface area contributed by atoms with E-state index >= 15 is 8.78 Å². The first-order valence-corrected chi connectivity index (χ1v) is 16.4. The van der Waals surface area contributed by atoms with Crippen molar-refractivity contribution in [2.45, 2.75) is 110 Å². The van der Waals surface area contributed by atoms with Crippen LogP contribution in [0.4, 0.5) is 13.6 Å². The number of nitrogens with zero attached hydrogens (tertiary/aromatic N) is 3. The lowest BCUT2D eigenvalue weighted by atomic mass is 9.85. The molecule has 11 heteroatoms. The largest absolute Gasteiger partial charge is 0.471 e. The number of rotatable bonds is 2. The molecule has 2 unspecified atom stereocenters. The third-order valence-corrected chi connectivity index (χ3v) is 10.4. The number of para-hydroxylation sites is 2. The van der Waals surface area contributed by atoms with Gasteiger partial charge in [-0.1, -0.05) is 46.2 Å². The quantitative estimate of drug-likeness (QED) is 0.433. The van der Waals surface area contributed by atoms with Gasteiger partial charge >= 0.3 is 6.09 Å². The van der Waals surface area contributed by atoms with Crippen molar-refractivity contribution in [3.05, 3.63) is 30.0 Å². The van der Waals surface area contributed by atoms with Gasteiger partial charge in [0.25, 0.3) is 5.92 Å². The van der Waals surface area contributed by atoms with Gasteiger partial charge in [-0.2, -0.15) is 8.78 Å². The molecule has 45 heavy (non-hydrogen) atoms. The molecule has 1 saturated heterocycles. The predicted molar refractivity (Wildman–Crippen MR) is 163 cm³/mol. The third-order valence-electron chi connectivity index (χ3n) is 10.4. The SMILES string of the molecule is CC[C@@H]1[C@@H]2CN(C(=O)[C@H](C(C)(C)C)NC(=O)O[C@@H]3CC4CC4[C@H]3CCCCC(F)(F)c3nc4ccccc4nc3O2)[C@@H]1C(C)=O. The smallest absolute Gasteiger partial charge is 0.408 e. The number of carbonyl (C=O) groups excluding carboxylic acids is 3. The predicted octanol–water partition coefficient (Wildman–Crippen LogP) is 6.03. The molecule has 9 nitrogen and oxygen atoms in total. The van der Waals surface area contributed by atoms with Crippen LogP contribution < -0.4 is 10.1 Å². The molecule has 1 N–H and O–H groups in total. The lowest BCUT2D eigenvalue weighted by molar-refractivity contribution is -0.141. The first kappa shape index (κ1) is 31.6. The van der Waals surface area contributed by atoms with Crippen LogP contribution in [-0.4, -0.2) is 63.5 Å². The number of halogens is 2. The maximum absolute atomic E-state index is 16.1. The van der Waals surface area contributed by atoms with Crippen LogP contribution in [0.5, 0.6) is 5.88 Å². The fraction of sp³-hybridized carbons (Fsp3) is 0.676.